The lowest BCUT2D eigenvalue weighted by Gasteiger charge is -2.06. The SMILES string of the molecule is C[n+]1ccn2c1C=C(c1ccccc1)C=C(c1ccccc1)C2. The number of nitrogens with zero attached hydrogens (tertiary/aromatic N) is 2. The predicted molar refractivity (Wildman–Crippen MR) is 94.3 cm³/mol. The fourth-order valence-corrected chi connectivity index (χ4v) is 3.08. The van der Waals surface area contributed by atoms with Crippen LogP contribution in [0, 0.1) is 0 Å². The predicted octanol–water partition coefficient (Wildman–Crippen LogP) is 3.95. The molecule has 2 aromatic carbocycles. The molecule has 2 heterocycles. The van der Waals surface area contributed by atoms with Gasteiger partial charge in [0.1, 0.15) is 18.9 Å². The van der Waals surface area contributed by atoms with Gasteiger partial charge in [-0.1, -0.05) is 60.7 Å². The quantitative estimate of drug-likeness (QED) is 0.634. The Bertz CT molecular complexity index is 884. The van der Waals surface area contributed by atoms with Gasteiger partial charge in [-0.15, -0.1) is 0 Å². The molecule has 0 radical (unpaired) electrons. The molecule has 0 fully saturated rings. The minimum atomic E-state index is 0.882. The monoisotopic (exact) mass is 299 g/mol. The van der Waals surface area contributed by atoms with Gasteiger partial charge in [-0.25, -0.2) is 9.13 Å². The lowest BCUT2D eigenvalue weighted by molar-refractivity contribution is -0.672. The molecule has 0 amide bonds. The molecule has 112 valence electrons. The molecule has 0 saturated heterocycles. The van der Waals surface area contributed by atoms with Gasteiger partial charge < -0.3 is 0 Å². The van der Waals surface area contributed by atoms with Crippen molar-refractivity contribution in [2.24, 2.45) is 7.05 Å². The highest BCUT2D eigenvalue weighted by Gasteiger charge is 2.19. The minimum Gasteiger partial charge on any atom is -0.233 e. The standard InChI is InChI=1S/C21H19N2/c1-22-12-13-23-16-20(18-10-6-3-7-11-18)14-19(15-21(22)23)17-8-4-2-5-9-17/h2-15H,16H2,1H3/q+1. The average molecular weight is 299 g/mol. The van der Waals surface area contributed by atoms with E-state index in [0.29, 0.717) is 0 Å². The second-order valence-corrected chi connectivity index (χ2v) is 5.90. The Kier molecular flexibility index (Phi) is 3.43. The van der Waals surface area contributed by atoms with Crippen LogP contribution in [0.15, 0.2) is 79.1 Å². The molecule has 0 spiro atoms. The molecule has 1 aliphatic rings. The Morgan fingerprint density at radius 2 is 1.48 bits per heavy atom. The van der Waals surface area contributed by atoms with Crippen molar-refractivity contribution in [2.45, 2.75) is 6.54 Å². The summed E-state index contributed by atoms with van der Waals surface area (Å²) in [6.45, 7) is 0.882. The average Bonchev–Trinajstić information content (AvgIpc) is 2.84. The lowest BCUT2D eigenvalue weighted by Crippen LogP contribution is -2.29. The summed E-state index contributed by atoms with van der Waals surface area (Å²) in [5.74, 6) is 1.21. The summed E-state index contributed by atoms with van der Waals surface area (Å²) in [5, 5.41) is 0. The van der Waals surface area contributed by atoms with Gasteiger partial charge in [0.15, 0.2) is 0 Å². The number of rotatable bonds is 2. The van der Waals surface area contributed by atoms with E-state index in [0.717, 1.165) is 6.54 Å². The maximum Gasteiger partial charge on any atom is 0.282 e. The molecule has 0 unspecified atom stereocenters. The first-order chi connectivity index (χ1) is 11.3. The fraction of sp³-hybridized carbons (Fsp3) is 0.0952. The zero-order chi connectivity index (χ0) is 15.6. The molecule has 0 aliphatic carbocycles. The smallest absolute Gasteiger partial charge is 0.233 e. The topological polar surface area (TPSA) is 8.81 Å². The van der Waals surface area contributed by atoms with E-state index in [2.05, 4.69) is 101 Å². The van der Waals surface area contributed by atoms with Crippen molar-refractivity contribution < 1.29 is 4.57 Å². The van der Waals surface area contributed by atoms with E-state index in [1.165, 1.54) is 28.1 Å². The molecule has 3 aromatic rings. The number of hydrogen-bond donors (Lipinski definition) is 0. The first-order valence-corrected chi connectivity index (χ1v) is 7.89. The zero-order valence-corrected chi connectivity index (χ0v) is 13.2. The minimum absolute atomic E-state index is 0.882. The summed E-state index contributed by atoms with van der Waals surface area (Å²) in [6, 6.07) is 21.2. The second kappa shape index (κ2) is 5.73. The maximum absolute atomic E-state index is 2.32. The molecular formula is C21H19N2+. The summed E-state index contributed by atoms with van der Waals surface area (Å²) in [4.78, 5) is 0. The van der Waals surface area contributed by atoms with Crippen molar-refractivity contribution in [3.8, 4) is 0 Å². The van der Waals surface area contributed by atoms with Gasteiger partial charge in [-0.05, 0) is 22.8 Å². The maximum atomic E-state index is 2.32. The summed E-state index contributed by atoms with van der Waals surface area (Å²) < 4.78 is 4.47. The van der Waals surface area contributed by atoms with Crippen molar-refractivity contribution in [3.63, 3.8) is 0 Å². The van der Waals surface area contributed by atoms with Gasteiger partial charge in [-0.3, -0.25) is 0 Å². The molecule has 23 heavy (non-hydrogen) atoms. The van der Waals surface area contributed by atoms with E-state index in [-0.39, 0.29) is 0 Å². The van der Waals surface area contributed by atoms with Crippen LogP contribution in [-0.2, 0) is 13.6 Å². The van der Waals surface area contributed by atoms with E-state index >= 15 is 0 Å². The van der Waals surface area contributed by atoms with E-state index in [1.54, 1.807) is 0 Å². The highest BCUT2D eigenvalue weighted by Crippen LogP contribution is 2.28. The summed E-state index contributed by atoms with van der Waals surface area (Å²) in [7, 11) is 2.10. The van der Waals surface area contributed by atoms with Crippen LogP contribution in [0.4, 0.5) is 0 Å². The van der Waals surface area contributed by atoms with Crippen LogP contribution in [0.2, 0.25) is 0 Å². The van der Waals surface area contributed by atoms with Gasteiger partial charge in [0.05, 0.1) is 7.05 Å². The molecular weight excluding hydrogens is 280 g/mol. The summed E-state index contributed by atoms with van der Waals surface area (Å²) in [6.07, 6.45) is 8.85. The Balaban J connectivity index is 1.90. The van der Waals surface area contributed by atoms with Crippen LogP contribution < -0.4 is 4.57 Å². The van der Waals surface area contributed by atoms with Crippen LogP contribution >= 0.6 is 0 Å². The molecule has 1 aromatic heterocycles. The molecule has 2 heteroatoms. The van der Waals surface area contributed by atoms with Crippen LogP contribution in [0.5, 0.6) is 0 Å². The normalized spacial score (nSPS) is 13.8. The summed E-state index contributed by atoms with van der Waals surface area (Å²) >= 11 is 0. The van der Waals surface area contributed by atoms with Gasteiger partial charge in [0.25, 0.3) is 5.82 Å². The van der Waals surface area contributed by atoms with Crippen molar-refractivity contribution in [1.82, 2.24) is 4.57 Å². The highest BCUT2D eigenvalue weighted by molar-refractivity contribution is 5.92. The Morgan fingerprint density at radius 1 is 0.826 bits per heavy atom. The molecule has 0 N–H and O–H groups in total. The number of benzene rings is 2. The zero-order valence-electron chi connectivity index (χ0n) is 13.2. The van der Waals surface area contributed by atoms with Crippen molar-refractivity contribution >= 4 is 17.2 Å². The number of aromatic nitrogens is 2. The van der Waals surface area contributed by atoms with Crippen molar-refractivity contribution in [1.29, 1.82) is 0 Å². The Morgan fingerprint density at radius 3 is 2.17 bits per heavy atom. The molecule has 0 atom stereocenters. The lowest BCUT2D eigenvalue weighted by atomic mass is 9.99. The Labute approximate surface area is 136 Å². The first kappa shape index (κ1) is 13.8. The van der Waals surface area contributed by atoms with Crippen LogP contribution in [0.25, 0.3) is 17.2 Å². The number of hydrogen-bond acceptors (Lipinski definition) is 0. The van der Waals surface area contributed by atoms with Crippen molar-refractivity contribution in [3.05, 3.63) is 96.1 Å². The van der Waals surface area contributed by atoms with Gasteiger partial charge in [0.2, 0.25) is 0 Å². The molecule has 0 saturated carbocycles. The van der Waals surface area contributed by atoms with E-state index in [9.17, 15) is 0 Å². The van der Waals surface area contributed by atoms with Gasteiger partial charge >= 0.3 is 0 Å². The van der Waals surface area contributed by atoms with Crippen molar-refractivity contribution in [2.75, 3.05) is 0 Å². The highest BCUT2D eigenvalue weighted by atomic mass is 15.1. The van der Waals surface area contributed by atoms with Crippen LogP contribution in [0.3, 0.4) is 0 Å². The van der Waals surface area contributed by atoms with Crippen LogP contribution in [-0.4, -0.2) is 4.57 Å². The molecule has 2 nitrogen and oxygen atoms in total. The number of fused-ring (bicyclic) bond motifs is 1. The molecule has 4 rings (SSSR count). The number of aryl methyl sites for hydroxylation is 1. The van der Waals surface area contributed by atoms with Crippen LogP contribution in [0.1, 0.15) is 17.0 Å². The number of imidazole rings is 1. The largest absolute Gasteiger partial charge is 0.282 e. The van der Waals surface area contributed by atoms with Gasteiger partial charge in [0, 0.05) is 11.6 Å². The fourth-order valence-electron chi connectivity index (χ4n) is 3.08. The molecule has 1 aliphatic heterocycles. The van der Waals surface area contributed by atoms with Gasteiger partial charge in [-0.2, -0.15) is 0 Å². The third-order valence-corrected chi connectivity index (χ3v) is 4.33. The second-order valence-electron chi connectivity index (χ2n) is 5.90. The number of allylic oxidation sites excluding steroid dienone is 3. The third-order valence-electron chi connectivity index (χ3n) is 4.33. The van der Waals surface area contributed by atoms with E-state index in [1.807, 2.05) is 0 Å². The van der Waals surface area contributed by atoms with E-state index < -0.39 is 0 Å². The molecule has 0 bridgehead atoms. The third kappa shape index (κ3) is 2.64. The Hall–Kier alpha value is -2.87. The van der Waals surface area contributed by atoms with E-state index in [4.69, 9.17) is 0 Å². The first-order valence-electron chi connectivity index (χ1n) is 7.89. The summed E-state index contributed by atoms with van der Waals surface area (Å²) in [5.41, 5.74) is 5.10.